The SMILES string of the molecule is Ic1ccc(Oc2nn3cc(-c4cccnc4)nc3s2)cc1. The molecule has 0 N–H and O–H groups in total. The molecule has 0 radical (unpaired) electrons. The number of imidazole rings is 1. The van der Waals surface area contributed by atoms with Crippen molar-refractivity contribution in [2.75, 3.05) is 0 Å². The van der Waals surface area contributed by atoms with E-state index in [1.165, 1.54) is 14.9 Å². The van der Waals surface area contributed by atoms with E-state index in [1.807, 2.05) is 42.6 Å². The van der Waals surface area contributed by atoms with Crippen LogP contribution in [-0.4, -0.2) is 19.6 Å². The first-order valence-electron chi connectivity index (χ1n) is 6.48. The number of hydrogen-bond donors (Lipinski definition) is 0. The molecule has 0 aliphatic carbocycles. The molecule has 0 fully saturated rings. The van der Waals surface area contributed by atoms with Crippen molar-refractivity contribution < 1.29 is 4.74 Å². The fraction of sp³-hybridized carbons (Fsp3) is 0. The predicted molar refractivity (Wildman–Crippen MR) is 93.3 cm³/mol. The molecule has 4 rings (SSSR count). The highest BCUT2D eigenvalue weighted by Crippen LogP contribution is 2.29. The number of ether oxygens (including phenoxy) is 1. The second-order valence-electron chi connectivity index (χ2n) is 4.52. The van der Waals surface area contributed by atoms with E-state index < -0.39 is 0 Å². The Kier molecular flexibility index (Phi) is 3.51. The van der Waals surface area contributed by atoms with Gasteiger partial charge in [-0.25, -0.2) is 9.50 Å². The van der Waals surface area contributed by atoms with Gasteiger partial charge >= 0.3 is 0 Å². The quantitative estimate of drug-likeness (QED) is 0.465. The summed E-state index contributed by atoms with van der Waals surface area (Å²) in [5.41, 5.74) is 1.83. The van der Waals surface area contributed by atoms with Crippen molar-refractivity contribution in [1.29, 1.82) is 0 Å². The molecule has 4 aromatic rings. The standard InChI is InChI=1S/C15H9IN4OS/c16-11-3-5-12(6-4-11)21-15-19-20-9-13(18-14(20)22-15)10-2-1-7-17-8-10/h1-9H. The third kappa shape index (κ3) is 2.69. The second-order valence-corrected chi connectivity index (χ2v) is 6.68. The van der Waals surface area contributed by atoms with E-state index in [-0.39, 0.29) is 0 Å². The molecular formula is C15H9IN4OS. The molecule has 0 aliphatic rings. The number of aromatic nitrogens is 4. The predicted octanol–water partition coefficient (Wildman–Crippen LogP) is 4.25. The zero-order valence-electron chi connectivity index (χ0n) is 11.2. The Morgan fingerprint density at radius 2 is 2.00 bits per heavy atom. The van der Waals surface area contributed by atoms with Crippen LogP contribution in [0.1, 0.15) is 0 Å². The summed E-state index contributed by atoms with van der Waals surface area (Å²) in [5, 5.41) is 4.98. The lowest BCUT2D eigenvalue weighted by Gasteiger charge is -2.00. The Bertz CT molecular complexity index is 886. The van der Waals surface area contributed by atoms with Crippen molar-refractivity contribution in [3.05, 3.63) is 58.6 Å². The van der Waals surface area contributed by atoms with Gasteiger partial charge in [-0.05, 0) is 70.3 Å². The maximum absolute atomic E-state index is 5.75. The van der Waals surface area contributed by atoms with Gasteiger partial charge in [0.15, 0.2) is 0 Å². The fourth-order valence-corrected chi connectivity index (χ4v) is 3.09. The highest BCUT2D eigenvalue weighted by atomic mass is 127. The van der Waals surface area contributed by atoms with E-state index in [4.69, 9.17) is 4.74 Å². The van der Waals surface area contributed by atoms with E-state index in [9.17, 15) is 0 Å². The first-order valence-corrected chi connectivity index (χ1v) is 8.37. The number of rotatable bonds is 3. The topological polar surface area (TPSA) is 52.3 Å². The zero-order valence-corrected chi connectivity index (χ0v) is 14.2. The number of hydrogen-bond acceptors (Lipinski definition) is 5. The van der Waals surface area contributed by atoms with Crippen molar-refractivity contribution >= 4 is 38.9 Å². The summed E-state index contributed by atoms with van der Waals surface area (Å²) in [7, 11) is 0. The van der Waals surface area contributed by atoms with E-state index in [2.05, 4.69) is 37.7 Å². The Morgan fingerprint density at radius 3 is 2.73 bits per heavy atom. The van der Waals surface area contributed by atoms with E-state index in [0.29, 0.717) is 5.19 Å². The molecule has 0 amide bonds. The minimum atomic E-state index is 0.571. The van der Waals surface area contributed by atoms with Crippen LogP contribution in [-0.2, 0) is 0 Å². The van der Waals surface area contributed by atoms with Crippen LogP contribution in [0.3, 0.4) is 0 Å². The van der Waals surface area contributed by atoms with Gasteiger partial charge in [0, 0.05) is 21.5 Å². The van der Waals surface area contributed by atoms with Crippen LogP contribution in [0.4, 0.5) is 0 Å². The van der Waals surface area contributed by atoms with Gasteiger partial charge in [-0.2, -0.15) is 0 Å². The first-order chi connectivity index (χ1) is 10.8. The molecule has 0 aliphatic heterocycles. The molecule has 7 heteroatoms. The number of pyridine rings is 1. The summed E-state index contributed by atoms with van der Waals surface area (Å²) in [6.45, 7) is 0. The molecule has 22 heavy (non-hydrogen) atoms. The lowest BCUT2D eigenvalue weighted by Crippen LogP contribution is -1.86. The Labute approximate surface area is 143 Å². The Balaban J connectivity index is 1.62. The van der Waals surface area contributed by atoms with Crippen LogP contribution in [0, 0.1) is 3.57 Å². The molecule has 0 saturated heterocycles. The van der Waals surface area contributed by atoms with Crippen molar-refractivity contribution in [1.82, 2.24) is 19.6 Å². The van der Waals surface area contributed by atoms with E-state index in [1.54, 1.807) is 16.9 Å². The highest BCUT2D eigenvalue weighted by molar-refractivity contribution is 14.1. The fourth-order valence-electron chi connectivity index (χ4n) is 1.98. The van der Waals surface area contributed by atoms with Crippen molar-refractivity contribution in [3.8, 4) is 22.2 Å². The minimum absolute atomic E-state index is 0.571. The maximum atomic E-state index is 5.75. The molecule has 5 nitrogen and oxygen atoms in total. The number of nitrogens with zero attached hydrogens (tertiary/aromatic N) is 4. The summed E-state index contributed by atoms with van der Waals surface area (Å²) < 4.78 is 8.65. The number of fused-ring (bicyclic) bond motifs is 1. The normalized spacial score (nSPS) is 11.0. The average Bonchev–Trinajstić information content (AvgIpc) is 3.09. The summed E-state index contributed by atoms with van der Waals surface area (Å²) in [6, 6.07) is 11.7. The summed E-state index contributed by atoms with van der Waals surface area (Å²) in [5.74, 6) is 0.768. The van der Waals surface area contributed by atoms with Crippen LogP contribution >= 0.6 is 33.9 Å². The van der Waals surface area contributed by atoms with Crippen LogP contribution < -0.4 is 4.74 Å². The van der Waals surface area contributed by atoms with Gasteiger partial charge in [-0.1, -0.05) is 0 Å². The molecular weight excluding hydrogens is 411 g/mol. The first kappa shape index (κ1) is 13.6. The van der Waals surface area contributed by atoms with Gasteiger partial charge in [0.1, 0.15) is 5.75 Å². The lowest BCUT2D eigenvalue weighted by atomic mass is 10.2. The second kappa shape index (κ2) is 5.65. The van der Waals surface area contributed by atoms with Crippen molar-refractivity contribution in [2.24, 2.45) is 0 Å². The van der Waals surface area contributed by atoms with E-state index in [0.717, 1.165) is 22.0 Å². The monoisotopic (exact) mass is 420 g/mol. The van der Waals surface area contributed by atoms with Crippen LogP contribution in [0.25, 0.3) is 16.2 Å². The molecule has 0 bridgehead atoms. The Morgan fingerprint density at radius 1 is 1.14 bits per heavy atom. The molecule has 0 saturated carbocycles. The van der Waals surface area contributed by atoms with Gasteiger partial charge in [0.2, 0.25) is 4.96 Å². The van der Waals surface area contributed by atoms with Crippen LogP contribution in [0.15, 0.2) is 55.0 Å². The molecule has 0 unspecified atom stereocenters. The zero-order chi connectivity index (χ0) is 14.9. The smallest absolute Gasteiger partial charge is 0.299 e. The molecule has 3 heterocycles. The van der Waals surface area contributed by atoms with Gasteiger partial charge in [-0.15, -0.1) is 5.10 Å². The average molecular weight is 420 g/mol. The van der Waals surface area contributed by atoms with Crippen molar-refractivity contribution in [2.45, 2.75) is 0 Å². The number of benzene rings is 1. The molecule has 108 valence electrons. The highest BCUT2D eigenvalue weighted by Gasteiger charge is 2.11. The summed E-state index contributed by atoms with van der Waals surface area (Å²) in [4.78, 5) is 9.45. The summed E-state index contributed by atoms with van der Waals surface area (Å²) >= 11 is 3.67. The van der Waals surface area contributed by atoms with Gasteiger partial charge in [0.05, 0.1) is 11.9 Å². The lowest BCUT2D eigenvalue weighted by molar-refractivity contribution is 0.470. The van der Waals surface area contributed by atoms with E-state index >= 15 is 0 Å². The third-order valence-corrected chi connectivity index (χ3v) is 4.52. The largest absolute Gasteiger partial charge is 0.430 e. The maximum Gasteiger partial charge on any atom is 0.299 e. The van der Waals surface area contributed by atoms with Crippen LogP contribution in [0.5, 0.6) is 10.9 Å². The van der Waals surface area contributed by atoms with Gasteiger partial charge in [0.25, 0.3) is 5.19 Å². The van der Waals surface area contributed by atoms with Crippen LogP contribution in [0.2, 0.25) is 0 Å². The molecule has 0 spiro atoms. The van der Waals surface area contributed by atoms with Gasteiger partial charge in [-0.3, -0.25) is 4.98 Å². The van der Waals surface area contributed by atoms with Gasteiger partial charge < -0.3 is 4.74 Å². The Hall–Kier alpha value is -2.00. The molecule has 0 atom stereocenters. The number of halogens is 1. The summed E-state index contributed by atoms with van der Waals surface area (Å²) in [6.07, 6.45) is 5.41. The third-order valence-electron chi connectivity index (χ3n) is 3.00. The minimum Gasteiger partial charge on any atom is -0.430 e. The van der Waals surface area contributed by atoms with Crippen molar-refractivity contribution in [3.63, 3.8) is 0 Å². The molecule has 1 aromatic carbocycles. The molecule has 3 aromatic heterocycles.